The summed E-state index contributed by atoms with van der Waals surface area (Å²) in [7, 11) is 0. The molecule has 0 heterocycles. The molecule has 1 aliphatic rings. The van der Waals surface area contributed by atoms with Gasteiger partial charge in [0.25, 0.3) is 0 Å². The van der Waals surface area contributed by atoms with Crippen molar-refractivity contribution >= 4 is 16.6 Å². The second kappa shape index (κ2) is 5.07. The highest BCUT2D eigenvalue weighted by molar-refractivity contribution is 6.07. The van der Waals surface area contributed by atoms with Crippen LogP contribution in [0.5, 0.6) is 0 Å². The predicted molar refractivity (Wildman–Crippen MR) is 79.3 cm³/mol. The first-order chi connectivity index (χ1) is 9.33. The Kier molecular flexibility index (Phi) is 3.11. The highest BCUT2D eigenvalue weighted by Crippen LogP contribution is 2.17. The number of hydrogen-bond donors (Lipinski definition) is 0. The molecule has 0 atom stereocenters. The Labute approximate surface area is 112 Å². The molecular formula is C18H14O. The van der Waals surface area contributed by atoms with Crippen LogP contribution in [-0.4, -0.2) is 5.78 Å². The molecule has 0 fully saturated rings. The van der Waals surface area contributed by atoms with E-state index in [1.165, 1.54) is 0 Å². The Hall–Kier alpha value is -2.41. The first-order valence-corrected chi connectivity index (χ1v) is 6.41. The monoisotopic (exact) mass is 246 g/mol. The van der Waals surface area contributed by atoms with E-state index in [2.05, 4.69) is 12.2 Å². The highest BCUT2D eigenvalue weighted by Gasteiger charge is 2.03. The van der Waals surface area contributed by atoms with E-state index in [-0.39, 0.29) is 5.78 Å². The third-order valence-electron chi connectivity index (χ3n) is 3.26. The van der Waals surface area contributed by atoms with Gasteiger partial charge in [-0.3, -0.25) is 4.79 Å². The lowest BCUT2D eigenvalue weighted by Gasteiger charge is -2.00. The molecule has 0 radical (unpaired) electrons. The van der Waals surface area contributed by atoms with E-state index in [0.29, 0.717) is 0 Å². The lowest BCUT2D eigenvalue weighted by molar-refractivity contribution is 0.104. The summed E-state index contributed by atoms with van der Waals surface area (Å²) >= 11 is 0. The van der Waals surface area contributed by atoms with E-state index in [0.717, 1.165) is 28.3 Å². The Bertz CT molecular complexity index is 717. The first-order valence-electron chi connectivity index (χ1n) is 6.41. The normalized spacial score (nSPS) is 14.2. The van der Waals surface area contributed by atoms with E-state index < -0.39 is 0 Å². The fourth-order valence-electron chi connectivity index (χ4n) is 2.21. The summed E-state index contributed by atoms with van der Waals surface area (Å²) in [5.41, 5.74) is 1.84. The number of carbonyl (C=O) groups is 1. The van der Waals surface area contributed by atoms with E-state index >= 15 is 0 Å². The number of ketones is 1. The van der Waals surface area contributed by atoms with Crippen molar-refractivity contribution in [1.82, 2.24) is 0 Å². The van der Waals surface area contributed by atoms with E-state index in [9.17, 15) is 4.79 Å². The van der Waals surface area contributed by atoms with E-state index in [4.69, 9.17) is 0 Å². The van der Waals surface area contributed by atoms with Crippen LogP contribution in [0.15, 0.2) is 78.4 Å². The number of hydrogen-bond acceptors (Lipinski definition) is 1. The number of carbonyl (C=O) groups excluding carboxylic acids is 1. The fraction of sp³-hybridized carbons (Fsp3) is 0.0556. The molecule has 0 saturated carbocycles. The highest BCUT2D eigenvalue weighted by atomic mass is 16.1. The largest absolute Gasteiger partial charge is 0.289 e. The zero-order valence-corrected chi connectivity index (χ0v) is 10.5. The predicted octanol–water partition coefficient (Wildman–Crippen LogP) is 4.47. The topological polar surface area (TPSA) is 17.1 Å². The zero-order valence-electron chi connectivity index (χ0n) is 10.5. The van der Waals surface area contributed by atoms with Gasteiger partial charge in [0.2, 0.25) is 0 Å². The Morgan fingerprint density at radius 2 is 1.89 bits per heavy atom. The van der Waals surface area contributed by atoms with Crippen LogP contribution in [0.1, 0.15) is 16.8 Å². The molecule has 0 saturated heterocycles. The second-order valence-electron chi connectivity index (χ2n) is 4.60. The molecule has 1 nitrogen and oxygen atoms in total. The van der Waals surface area contributed by atoms with Gasteiger partial charge in [-0.25, -0.2) is 0 Å². The molecular weight excluding hydrogens is 232 g/mol. The van der Waals surface area contributed by atoms with Crippen LogP contribution < -0.4 is 0 Å². The molecule has 19 heavy (non-hydrogen) atoms. The molecule has 0 aliphatic heterocycles. The van der Waals surface area contributed by atoms with Crippen LogP contribution in [0, 0.1) is 0 Å². The van der Waals surface area contributed by atoms with Gasteiger partial charge in [0.1, 0.15) is 0 Å². The smallest absolute Gasteiger partial charge is 0.185 e. The minimum absolute atomic E-state index is 0.0481. The average Bonchev–Trinajstić information content (AvgIpc) is 2.97. The third kappa shape index (κ3) is 2.55. The Morgan fingerprint density at radius 3 is 2.68 bits per heavy atom. The minimum Gasteiger partial charge on any atom is -0.289 e. The summed E-state index contributed by atoms with van der Waals surface area (Å²) in [6.07, 6.45) is 10.7. The maximum atomic E-state index is 12.1. The molecule has 0 amide bonds. The summed E-state index contributed by atoms with van der Waals surface area (Å²) < 4.78 is 0. The van der Waals surface area contributed by atoms with Crippen LogP contribution in [0.4, 0.5) is 0 Å². The van der Waals surface area contributed by atoms with Crippen molar-refractivity contribution < 1.29 is 4.79 Å². The lowest BCUT2D eigenvalue weighted by Crippen LogP contribution is -1.93. The van der Waals surface area contributed by atoms with Crippen LogP contribution in [0.3, 0.4) is 0 Å². The molecule has 1 aliphatic carbocycles. The number of benzene rings is 2. The summed E-state index contributed by atoms with van der Waals surface area (Å²) in [6.45, 7) is 0. The quantitative estimate of drug-likeness (QED) is 0.577. The van der Waals surface area contributed by atoms with Crippen molar-refractivity contribution in [3.8, 4) is 0 Å². The standard InChI is InChI=1S/C18H14O/c19-18(12-9-14-5-1-2-6-14)17-11-10-15-7-3-4-8-16(15)13-17/h1,3-13H,2H2/b12-9+. The van der Waals surface area contributed by atoms with Crippen molar-refractivity contribution in [2.45, 2.75) is 6.42 Å². The van der Waals surface area contributed by atoms with Crippen LogP contribution in [0.25, 0.3) is 10.8 Å². The maximum Gasteiger partial charge on any atom is 0.185 e. The molecule has 92 valence electrons. The molecule has 0 spiro atoms. The second-order valence-corrected chi connectivity index (χ2v) is 4.60. The summed E-state index contributed by atoms with van der Waals surface area (Å²) in [5, 5.41) is 2.26. The van der Waals surface area contributed by atoms with Gasteiger partial charge in [-0.05, 0) is 34.9 Å². The molecule has 0 unspecified atom stereocenters. The van der Waals surface area contributed by atoms with Gasteiger partial charge < -0.3 is 0 Å². The van der Waals surface area contributed by atoms with E-state index in [1.54, 1.807) is 6.08 Å². The lowest BCUT2D eigenvalue weighted by atomic mass is 10.0. The van der Waals surface area contributed by atoms with Gasteiger partial charge in [-0.2, -0.15) is 0 Å². The molecule has 2 aromatic rings. The van der Waals surface area contributed by atoms with Crippen LogP contribution in [0.2, 0.25) is 0 Å². The Morgan fingerprint density at radius 1 is 1.05 bits per heavy atom. The molecule has 0 aromatic heterocycles. The summed E-state index contributed by atoms with van der Waals surface area (Å²) in [5.74, 6) is 0.0481. The minimum atomic E-state index is 0.0481. The summed E-state index contributed by atoms with van der Waals surface area (Å²) in [6, 6.07) is 13.9. The van der Waals surface area contributed by atoms with Crippen LogP contribution in [-0.2, 0) is 0 Å². The molecule has 1 heteroatoms. The van der Waals surface area contributed by atoms with Gasteiger partial charge in [0, 0.05) is 5.56 Å². The number of fused-ring (bicyclic) bond motifs is 1. The average molecular weight is 246 g/mol. The van der Waals surface area contributed by atoms with E-state index in [1.807, 2.05) is 54.6 Å². The van der Waals surface area contributed by atoms with Gasteiger partial charge in [0.15, 0.2) is 5.78 Å². The van der Waals surface area contributed by atoms with Crippen molar-refractivity contribution in [2.75, 3.05) is 0 Å². The maximum absolute atomic E-state index is 12.1. The summed E-state index contributed by atoms with van der Waals surface area (Å²) in [4.78, 5) is 12.1. The molecule has 2 aromatic carbocycles. The van der Waals surface area contributed by atoms with Gasteiger partial charge in [0.05, 0.1) is 0 Å². The van der Waals surface area contributed by atoms with Crippen molar-refractivity contribution in [1.29, 1.82) is 0 Å². The van der Waals surface area contributed by atoms with Gasteiger partial charge >= 0.3 is 0 Å². The first kappa shape index (κ1) is 11.7. The zero-order chi connectivity index (χ0) is 13.1. The molecule has 3 rings (SSSR count). The van der Waals surface area contributed by atoms with Crippen LogP contribution >= 0.6 is 0 Å². The van der Waals surface area contributed by atoms with Gasteiger partial charge in [-0.15, -0.1) is 0 Å². The number of allylic oxidation sites excluding steroid dienone is 6. The SMILES string of the molecule is O=C(/C=C/C1=CCC=C1)c1ccc2ccccc2c1. The molecule has 0 N–H and O–H groups in total. The number of rotatable bonds is 3. The third-order valence-corrected chi connectivity index (χ3v) is 3.26. The van der Waals surface area contributed by atoms with Crippen molar-refractivity contribution in [3.63, 3.8) is 0 Å². The Balaban J connectivity index is 1.87. The fourth-order valence-corrected chi connectivity index (χ4v) is 2.21. The van der Waals surface area contributed by atoms with Crippen molar-refractivity contribution in [3.05, 3.63) is 84.0 Å². The van der Waals surface area contributed by atoms with Crippen molar-refractivity contribution in [2.24, 2.45) is 0 Å². The van der Waals surface area contributed by atoms with Gasteiger partial charge in [-0.1, -0.05) is 60.7 Å². The molecule has 0 bridgehead atoms.